The summed E-state index contributed by atoms with van der Waals surface area (Å²) in [5.41, 5.74) is -0.0239. The van der Waals surface area contributed by atoms with E-state index in [-0.39, 0.29) is 12.3 Å². The second-order valence-electron chi connectivity index (χ2n) is 4.29. The lowest BCUT2D eigenvalue weighted by atomic mass is 10.3. The van der Waals surface area contributed by atoms with Gasteiger partial charge in [0, 0.05) is 18.7 Å². The third-order valence-electron chi connectivity index (χ3n) is 2.97. The summed E-state index contributed by atoms with van der Waals surface area (Å²) in [5.74, 6) is -0.0678. The van der Waals surface area contributed by atoms with E-state index in [4.69, 9.17) is 9.47 Å². The first-order valence-electron chi connectivity index (χ1n) is 6.82. The molecular weight excluding hydrogens is 276 g/mol. The number of non-ortho nitro benzene ring substituents is 1. The van der Waals surface area contributed by atoms with Gasteiger partial charge in [0.05, 0.1) is 4.92 Å². The van der Waals surface area contributed by atoms with Crippen LogP contribution in [0.4, 0.5) is 5.69 Å². The van der Waals surface area contributed by atoms with Crippen molar-refractivity contribution >= 4 is 11.7 Å². The zero-order valence-electron chi connectivity index (χ0n) is 12.3. The summed E-state index contributed by atoms with van der Waals surface area (Å²) < 4.78 is 10.2. The van der Waals surface area contributed by atoms with Gasteiger partial charge < -0.3 is 14.4 Å². The summed E-state index contributed by atoms with van der Waals surface area (Å²) in [7, 11) is 0. The van der Waals surface area contributed by atoms with Gasteiger partial charge in [-0.3, -0.25) is 10.1 Å². The van der Waals surface area contributed by atoms with Crippen molar-refractivity contribution in [2.24, 2.45) is 0 Å². The van der Waals surface area contributed by atoms with Gasteiger partial charge in [0.1, 0.15) is 12.4 Å². The van der Waals surface area contributed by atoms with E-state index in [0.717, 1.165) is 13.1 Å². The maximum absolute atomic E-state index is 11.5. The Balaban J connectivity index is 2.28. The quantitative estimate of drug-likeness (QED) is 0.393. The van der Waals surface area contributed by atoms with Crippen LogP contribution in [0.25, 0.3) is 0 Å². The second kappa shape index (κ2) is 8.91. The Morgan fingerprint density at radius 1 is 1.24 bits per heavy atom. The third-order valence-corrected chi connectivity index (χ3v) is 2.97. The van der Waals surface area contributed by atoms with Crippen LogP contribution < -0.4 is 4.74 Å². The van der Waals surface area contributed by atoms with E-state index in [1.807, 2.05) is 13.8 Å². The molecule has 1 rings (SSSR count). The fourth-order valence-corrected chi connectivity index (χ4v) is 1.68. The Morgan fingerprint density at radius 2 is 1.86 bits per heavy atom. The Kier molecular flexibility index (Phi) is 7.17. The lowest BCUT2D eigenvalue weighted by Gasteiger charge is -2.17. The molecule has 7 heteroatoms. The van der Waals surface area contributed by atoms with Crippen molar-refractivity contribution in [2.45, 2.75) is 13.8 Å². The smallest absolute Gasteiger partial charge is 0.344 e. The maximum Gasteiger partial charge on any atom is 0.344 e. The molecule has 0 spiro atoms. The van der Waals surface area contributed by atoms with E-state index < -0.39 is 10.9 Å². The lowest BCUT2D eigenvalue weighted by molar-refractivity contribution is -0.384. The first-order valence-corrected chi connectivity index (χ1v) is 6.82. The number of ether oxygens (including phenoxy) is 2. The number of esters is 1. The summed E-state index contributed by atoms with van der Waals surface area (Å²) in [6.45, 7) is 6.71. The number of rotatable bonds is 9. The number of likely N-dealkylation sites (N-methyl/N-ethyl adjacent to an activating group) is 1. The van der Waals surface area contributed by atoms with Crippen LogP contribution in [0.5, 0.6) is 5.75 Å². The first-order chi connectivity index (χ1) is 10.1. The van der Waals surface area contributed by atoms with E-state index in [1.165, 1.54) is 24.3 Å². The molecule has 0 saturated carbocycles. The molecule has 0 aliphatic heterocycles. The minimum Gasteiger partial charge on any atom is -0.482 e. The molecule has 0 atom stereocenters. The number of nitro benzene ring substituents is 1. The summed E-state index contributed by atoms with van der Waals surface area (Å²) in [6, 6.07) is 5.53. The zero-order valence-corrected chi connectivity index (χ0v) is 12.3. The Hall–Kier alpha value is -2.15. The van der Waals surface area contributed by atoms with Crippen LogP contribution in [0.2, 0.25) is 0 Å². The number of hydrogen-bond donors (Lipinski definition) is 0. The molecule has 0 unspecified atom stereocenters. The molecular formula is C14H20N2O5. The van der Waals surface area contributed by atoms with Crippen molar-refractivity contribution in [1.29, 1.82) is 0 Å². The van der Waals surface area contributed by atoms with Gasteiger partial charge in [-0.2, -0.15) is 0 Å². The Labute approximate surface area is 123 Å². The van der Waals surface area contributed by atoms with Gasteiger partial charge in [0.25, 0.3) is 5.69 Å². The third kappa shape index (κ3) is 6.22. The molecule has 0 aliphatic carbocycles. The molecule has 0 fully saturated rings. The number of nitro groups is 1. The van der Waals surface area contributed by atoms with Crippen LogP contribution in [0.1, 0.15) is 13.8 Å². The molecule has 116 valence electrons. The summed E-state index contributed by atoms with van der Waals surface area (Å²) in [4.78, 5) is 23.6. The van der Waals surface area contributed by atoms with Gasteiger partial charge in [-0.15, -0.1) is 0 Å². The molecule has 0 radical (unpaired) electrons. The van der Waals surface area contributed by atoms with Crippen LogP contribution in [0.3, 0.4) is 0 Å². The normalized spacial score (nSPS) is 10.4. The standard InChI is InChI=1S/C14H20N2O5/c1-3-15(4-2)9-10-20-14(17)11-21-13-7-5-12(6-8-13)16(18)19/h5-8H,3-4,9-11H2,1-2H3. The van der Waals surface area contributed by atoms with Gasteiger partial charge in [-0.1, -0.05) is 13.8 Å². The molecule has 0 N–H and O–H groups in total. The Morgan fingerprint density at radius 3 is 2.38 bits per heavy atom. The number of carbonyl (C=O) groups excluding carboxylic acids is 1. The maximum atomic E-state index is 11.5. The fraction of sp³-hybridized carbons (Fsp3) is 0.500. The fourth-order valence-electron chi connectivity index (χ4n) is 1.68. The Bertz CT molecular complexity index is 457. The van der Waals surface area contributed by atoms with Crippen molar-refractivity contribution in [3.63, 3.8) is 0 Å². The average Bonchev–Trinajstić information content (AvgIpc) is 2.50. The number of carbonyl (C=O) groups is 1. The highest BCUT2D eigenvalue weighted by Crippen LogP contribution is 2.17. The minimum absolute atomic E-state index is 0.0239. The molecule has 21 heavy (non-hydrogen) atoms. The van der Waals surface area contributed by atoms with Crippen molar-refractivity contribution < 1.29 is 19.2 Å². The van der Waals surface area contributed by atoms with Gasteiger partial charge in [0.15, 0.2) is 6.61 Å². The first kappa shape index (κ1) is 16.9. The molecule has 0 amide bonds. The predicted molar refractivity (Wildman–Crippen MR) is 77.3 cm³/mol. The van der Waals surface area contributed by atoms with Gasteiger partial charge >= 0.3 is 5.97 Å². The molecule has 0 aliphatic rings. The summed E-state index contributed by atoms with van der Waals surface area (Å²) >= 11 is 0. The molecule has 0 heterocycles. The van der Waals surface area contributed by atoms with Crippen LogP contribution in [0, 0.1) is 10.1 Å². The summed E-state index contributed by atoms with van der Waals surface area (Å²) in [6.07, 6.45) is 0. The highest BCUT2D eigenvalue weighted by molar-refractivity contribution is 5.71. The van der Waals surface area contributed by atoms with E-state index in [2.05, 4.69) is 4.90 Å². The predicted octanol–water partition coefficient (Wildman–Crippen LogP) is 1.86. The van der Waals surface area contributed by atoms with Crippen LogP contribution in [-0.4, -0.2) is 48.6 Å². The highest BCUT2D eigenvalue weighted by Gasteiger charge is 2.08. The van der Waals surface area contributed by atoms with Gasteiger partial charge in [-0.25, -0.2) is 4.79 Å². The summed E-state index contributed by atoms with van der Waals surface area (Å²) in [5, 5.41) is 10.5. The molecule has 0 saturated heterocycles. The van der Waals surface area contributed by atoms with Crippen molar-refractivity contribution in [3.8, 4) is 5.75 Å². The van der Waals surface area contributed by atoms with Gasteiger partial charge in [0.2, 0.25) is 0 Å². The monoisotopic (exact) mass is 296 g/mol. The number of benzene rings is 1. The molecule has 1 aromatic rings. The van der Waals surface area contributed by atoms with Crippen molar-refractivity contribution in [2.75, 3.05) is 32.8 Å². The molecule has 0 bridgehead atoms. The SMILES string of the molecule is CCN(CC)CCOC(=O)COc1ccc([N+](=O)[O-])cc1. The van der Waals surface area contributed by atoms with Gasteiger partial charge in [-0.05, 0) is 25.2 Å². The second-order valence-corrected chi connectivity index (χ2v) is 4.29. The molecule has 7 nitrogen and oxygen atoms in total. The molecule has 1 aromatic carbocycles. The highest BCUT2D eigenvalue weighted by atomic mass is 16.6. The minimum atomic E-state index is -0.495. The van der Waals surface area contributed by atoms with Crippen LogP contribution in [0.15, 0.2) is 24.3 Å². The van der Waals surface area contributed by atoms with E-state index in [9.17, 15) is 14.9 Å². The van der Waals surface area contributed by atoms with Crippen molar-refractivity contribution in [3.05, 3.63) is 34.4 Å². The van der Waals surface area contributed by atoms with E-state index in [1.54, 1.807) is 0 Å². The number of hydrogen-bond acceptors (Lipinski definition) is 6. The lowest BCUT2D eigenvalue weighted by Crippen LogP contribution is -2.28. The van der Waals surface area contributed by atoms with Crippen LogP contribution >= 0.6 is 0 Å². The largest absolute Gasteiger partial charge is 0.482 e. The van der Waals surface area contributed by atoms with E-state index in [0.29, 0.717) is 18.9 Å². The molecule has 0 aromatic heterocycles. The number of nitrogens with zero attached hydrogens (tertiary/aromatic N) is 2. The van der Waals surface area contributed by atoms with Crippen LogP contribution in [-0.2, 0) is 9.53 Å². The van der Waals surface area contributed by atoms with Crippen molar-refractivity contribution in [1.82, 2.24) is 4.90 Å². The van der Waals surface area contributed by atoms with E-state index >= 15 is 0 Å². The average molecular weight is 296 g/mol. The zero-order chi connectivity index (χ0) is 15.7. The topological polar surface area (TPSA) is 81.9 Å².